The number of nitrogens with zero attached hydrogens (tertiary/aromatic N) is 1. The van der Waals surface area contributed by atoms with Gasteiger partial charge < -0.3 is 0 Å². The normalized spacial score (nSPS) is 11.2. The number of aromatic nitrogens is 1. The number of rotatable bonds is 7. The van der Waals surface area contributed by atoms with Crippen molar-refractivity contribution in [3.05, 3.63) is 95.4 Å². The third-order valence-electron chi connectivity index (χ3n) is 4.85. The van der Waals surface area contributed by atoms with Gasteiger partial charge in [0.25, 0.3) is 15.9 Å². The molecule has 8 heteroatoms. The van der Waals surface area contributed by atoms with Gasteiger partial charge in [0.15, 0.2) is 5.13 Å². The molecule has 1 amide bonds. The predicted octanol–water partition coefficient (Wildman–Crippen LogP) is 5.43. The van der Waals surface area contributed by atoms with E-state index < -0.39 is 15.9 Å². The number of hydrogen-bond acceptors (Lipinski definition) is 5. The lowest BCUT2D eigenvalue weighted by Gasteiger charge is -2.12. The molecule has 0 spiro atoms. The lowest BCUT2D eigenvalue weighted by molar-refractivity contribution is 0.102. The van der Waals surface area contributed by atoms with E-state index in [0.29, 0.717) is 5.13 Å². The average molecular weight is 464 g/mol. The minimum atomic E-state index is -3.82. The number of para-hydroxylation sites is 1. The molecule has 1 aromatic heterocycles. The molecule has 6 nitrogen and oxygen atoms in total. The smallest absolute Gasteiger partial charge is 0.261 e. The standard InChI is InChI=1S/C24H21N3O3S2/c1-2-17-12-14-18(15-13-17)22-16-31-24(25-22)26-23(28)20-10-6-7-11-21(20)27-32(29,30)19-8-4-3-5-9-19/h3-16,27H,2H2,1H3,(H,25,26,28). The van der Waals surface area contributed by atoms with Gasteiger partial charge in [0.1, 0.15) is 0 Å². The van der Waals surface area contributed by atoms with Gasteiger partial charge in [-0.05, 0) is 36.2 Å². The summed E-state index contributed by atoms with van der Waals surface area (Å²) in [4.78, 5) is 17.5. The maximum absolute atomic E-state index is 12.9. The van der Waals surface area contributed by atoms with Crippen molar-refractivity contribution in [2.24, 2.45) is 0 Å². The minimum Gasteiger partial charge on any atom is -0.298 e. The molecular weight excluding hydrogens is 442 g/mol. The van der Waals surface area contributed by atoms with E-state index in [-0.39, 0.29) is 16.1 Å². The minimum absolute atomic E-state index is 0.119. The fraction of sp³-hybridized carbons (Fsp3) is 0.0833. The summed E-state index contributed by atoms with van der Waals surface area (Å²) >= 11 is 1.31. The highest BCUT2D eigenvalue weighted by atomic mass is 32.2. The van der Waals surface area contributed by atoms with Gasteiger partial charge in [-0.15, -0.1) is 11.3 Å². The Morgan fingerprint density at radius 1 is 0.938 bits per heavy atom. The summed E-state index contributed by atoms with van der Waals surface area (Å²) in [7, 11) is -3.82. The second kappa shape index (κ2) is 9.33. The van der Waals surface area contributed by atoms with Crippen LogP contribution in [0.2, 0.25) is 0 Å². The van der Waals surface area contributed by atoms with Crippen molar-refractivity contribution in [1.29, 1.82) is 0 Å². The van der Waals surface area contributed by atoms with E-state index in [2.05, 4.69) is 34.1 Å². The summed E-state index contributed by atoms with van der Waals surface area (Å²) in [5.74, 6) is -0.446. The summed E-state index contributed by atoms with van der Waals surface area (Å²) in [6.07, 6.45) is 0.964. The summed E-state index contributed by atoms with van der Waals surface area (Å²) in [5, 5.41) is 5.08. The molecule has 162 valence electrons. The summed E-state index contributed by atoms with van der Waals surface area (Å²) in [5.41, 5.74) is 3.38. The van der Waals surface area contributed by atoms with Gasteiger partial charge in [-0.1, -0.05) is 61.5 Å². The predicted molar refractivity (Wildman–Crippen MR) is 129 cm³/mol. The molecule has 0 atom stereocenters. The van der Waals surface area contributed by atoms with Crippen molar-refractivity contribution in [2.45, 2.75) is 18.2 Å². The Balaban J connectivity index is 1.53. The second-order valence-electron chi connectivity index (χ2n) is 7.01. The monoisotopic (exact) mass is 463 g/mol. The van der Waals surface area contributed by atoms with Gasteiger partial charge in [0.2, 0.25) is 0 Å². The Bertz CT molecular complexity index is 1330. The van der Waals surface area contributed by atoms with Crippen LogP contribution < -0.4 is 10.0 Å². The molecule has 0 unspecified atom stereocenters. The molecule has 32 heavy (non-hydrogen) atoms. The van der Waals surface area contributed by atoms with Crippen LogP contribution in [0.4, 0.5) is 10.8 Å². The number of carbonyl (C=O) groups is 1. The molecule has 4 aromatic rings. The highest BCUT2D eigenvalue weighted by Gasteiger charge is 2.19. The number of sulfonamides is 1. The van der Waals surface area contributed by atoms with Crippen LogP contribution in [0.5, 0.6) is 0 Å². The molecule has 3 aromatic carbocycles. The average Bonchev–Trinajstić information content (AvgIpc) is 3.28. The molecule has 2 N–H and O–H groups in total. The quantitative estimate of drug-likeness (QED) is 0.383. The van der Waals surface area contributed by atoms with Gasteiger partial charge in [-0.25, -0.2) is 13.4 Å². The van der Waals surface area contributed by atoms with Crippen molar-refractivity contribution < 1.29 is 13.2 Å². The Hall–Kier alpha value is -3.49. The third kappa shape index (κ3) is 4.87. The van der Waals surface area contributed by atoms with E-state index in [9.17, 15) is 13.2 Å². The molecule has 0 saturated carbocycles. The van der Waals surface area contributed by atoms with Crippen molar-refractivity contribution in [3.63, 3.8) is 0 Å². The summed E-state index contributed by atoms with van der Waals surface area (Å²) < 4.78 is 27.9. The topological polar surface area (TPSA) is 88.2 Å². The van der Waals surface area contributed by atoms with Gasteiger partial charge in [0, 0.05) is 10.9 Å². The van der Waals surface area contributed by atoms with Crippen LogP contribution in [0, 0.1) is 0 Å². The van der Waals surface area contributed by atoms with Crippen LogP contribution in [-0.4, -0.2) is 19.3 Å². The van der Waals surface area contributed by atoms with E-state index in [1.165, 1.54) is 29.0 Å². The molecule has 0 bridgehead atoms. The molecular formula is C24H21N3O3S2. The molecule has 1 heterocycles. The number of aryl methyl sites for hydroxylation is 1. The zero-order valence-corrected chi connectivity index (χ0v) is 18.9. The molecule has 0 radical (unpaired) electrons. The fourth-order valence-corrected chi connectivity index (χ4v) is 4.93. The molecule has 0 aliphatic carbocycles. The molecule has 0 aliphatic heterocycles. The molecule has 0 aliphatic rings. The van der Waals surface area contributed by atoms with Crippen LogP contribution in [0.3, 0.4) is 0 Å². The largest absolute Gasteiger partial charge is 0.298 e. The number of anilines is 2. The number of benzene rings is 3. The van der Waals surface area contributed by atoms with Gasteiger partial charge in [-0.3, -0.25) is 14.8 Å². The van der Waals surface area contributed by atoms with E-state index in [1.54, 1.807) is 42.5 Å². The fourth-order valence-electron chi connectivity index (χ4n) is 3.11. The van der Waals surface area contributed by atoms with E-state index in [4.69, 9.17) is 0 Å². The first kappa shape index (κ1) is 21.7. The number of nitrogens with one attached hydrogen (secondary N) is 2. The van der Waals surface area contributed by atoms with Crippen molar-refractivity contribution in [2.75, 3.05) is 10.0 Å². The van der Waals surface area contributed by atoms with Crippen molar-refractivity contribution in [1.82, 2.24) is 4.98 Å². The first-order chi connectivity index (χ1) is 15.5. The van der Waals surface area contributed by atoms with Crippen LogP contribution in [-0.2, 0) is 16.4 Å². The number of hydrogen-bond donors (Lipinski definition) is 2. The number of carbonyl (C=O) groups excluding carboxylic acids is 1. The number of thiazole rings is 1. The molecule has 4 rings (SSSR count). The lowest BCUT2D eigenvalue weighted by Crippen LogP contribution is -2.18. The highest BCUT2D eigenvalue weighted by Crippen LogP contribution is 2.27. The highest BCUT2D eigenvalue weighted by molar-refractivity contribution is 7.92. The van der Waals surface area contributed by atoms with Gasteiger partial charge in [0.05, 0.1) is 21.8 Å². The Kier molecular flexibility index (Phi) is 6.34. The van der Waals surface area contributed by atoms with Crippen LogP contribution in [0.25, 0.3) is 11.3 Å². The van der Waals surface area contributed by atoms with Gasteiger partial charge in [-0.2, -0.15) is 0 Å². The zero-order chi connectivity index (χ0) is 22.6. The second-order valence-corrected chi connectivity index (χ2v) is 9.55. The Labute approximate surface area is 191 Å². The summed E-state index contributed by atoms with van der Waals surface area (Å²) in [6.45, 7) is 2.10. The third-order valence-corrected chi connectivity index (χ3v) is 6.99. The van der Waals surface area contributed by atoms with Crippen LogP contribution in [0.15, 0.2) is 89.1 Å². The first-order valence-corrected chi connectivity index (χ1v) is 12.4. The lowest BCUT2D eigenvalue weighted by atomic mass is 10.1. The molecule has 0 saturated heterocycles. The van der Waals surface area contributed by atoms with E-state index >= 15 is 0 Å². The van der Waals surface area contributed by atoms with Gasteiger partial charge >= 0.3 is 0 Å². The van der Waals surface area contributed by atoms with Crippen LogP contribution >= 0.6 is 11.3 Å². The summed E-state index contributed by atoms with van der Waals surface area (Å²) in [6, 6.07) is 22.6. The van der Waals surface area contributed by atoms with Crippen LogP contribution in [0.1, 0.15) is 22.8 Å². The van der Waals surface area contributed by atoms with E-state index in [0.717, 1.165) is 17.7 Å². The maximum atomic E-state index is 12.9. The van der Waals surface area contributed by atoms with E-state index in [1.807, 2.05) is 17.5 Å². The van der Waals surface area contributed by atoms with Crippen molar-refractivity contribution >= 4 is 38.1 Å². The zero-order valence-electron chi connectivity index (χ0n) is 17.3. The maximum Gasteiger partial charge on any atom is 0.261 e. The SMILES string of the molecule is CCc1ccc(-c2csc(NC(=O)c3ccccc3NS(=O)(=O)c3ccccc3)n2)cc1. The Morgan fingerprint density at radius 3 is 2.34 bits per heavy atom. The Morgan fingerprint density at radius 2 is 1.62 bits per heavy atom. The number of amides is 1. The van der Waals surface area contributed by atoms with Crippen molar-refractivity contribution in [3.8, 4) is 11.3 Å². The first-order valence-electron chi connectivity index (χ1n) is 9.99. The molecule has 0 fully saturated rings.